The van der Waals surface area contributed by atoms with Crippen LogP contribution in [0.2, 0.25) is 0 Å². The number of rotatable bonds is 3. The van der Waals surface area contributed by atoms with Crippen molar-refractivity contribution in [3.8, 4) is 0 Å². The molecule has 3 N–H and O–H groups in total. The molecule has 3 aliphatic heterocycles. The second kappa shape index (κ2) is 7.98. The molecule has 2 atom stereocenters. The van der Waals surface area contributed by atoms with Crippen molar-refractivity contribution >= 4 is 35.0 Å². The van der Waals surface area contributed by atoms with Crippen molar-refractivity contribution in [3.63, 3.8) is 0 Å². The number of hydrazone groups is 1. The van der Waals surface area contributed by atoms with E-state index in [-0.39, 0.29) is 24.1 Å². The molecule has 26 heavy (non-hydrogen) atoms. The highest BCUT2D eigenvalue weighted by Gasteiger charge is 2.32. The number of aliphatic imine (C=N–C) groups is 1. The lowest BCUT2D eigenvalue weighted by atomic mass is 10.0. The van der Waals surface area contributed by atoms with Gasteiger partial charge in [-0.25, -0.2) is 4.99 Å². The third-order valence-corrected chi connectivity index (χ3v) is 4.82. The van der Waals surface area contributed by atoms with E-state index in [0.717, 1.165) is 19.8 Å². The largest absolute Gasteiger partial charge is 0.468 e. The molecule has 3 aliphatic rings. The molecule has 2 unspecified atom stereocenters. The third-order valence-electron chi connectivity index (χ3n) is 4.39. The van der Waals surface area contributed by atoms with E-state index in [2.05, 4.69) is 31.1 Å². The molecule has 140 valence electrons. The minimum absolute atomic E-state index is 0.0552. The molecule has 0 aromatic carbocycles. The van der Waals surface area contributed by atoms with Crippen LogP contribution in [0.4, 0.5) is 0 Å². The number of amides is 1. The Balaban J connectivity index is 1.67. The standard InChI is InChI=1S/C16H21ClN6O3/c1-9-11(17)7-10(16(25)26-2)14(19-9)20-15(24)12-3-4-13(22-21-12)23-6-5-18-8-23/h3-4,10,13,18,22H,5-8H2,1-2H3,(H,19,20,24). The second-order valence-electron chi connectivity index (χ2n) is 6.12. The van der Waals surface area contributed by atoms with E-state index in [1.807, 2.05) is 6.08 Å². The number of nitrogens with zero attached hydrogens (tertiary/aromatic N) is 3. The van der Waals surface area contributed by atoms with Gasteiger partial charge < -0.3 is 15.4 Å². The van der Waals surface area contributed by atoms with Crippen LogP contribution in [-0.4, -0.2) is 61.4 Å². The summed E-state index contributed by atoms with van der Waals surface area (Å²) in [6.07, 6.45) is 3.71. The average Bonchev–Trinajstić information content (AvgIpc) is 3.18. The quantitative estimate of drug-likeness (QED) is 0.589. The summed E-state index contributed by atoms with van der Waals surface area (Å²) in [6.45, 7) is 4.32. The molecule has 3 rings (SSSR count). The van der Waals surface area contributed by atoms with Crippen molar-refractivity contribution < 1.29 is 14.3 Å². The van der Waals surface area contributed by atoms with E-state index in [0.29, 0.717) is 10.7 Å². The normalized spacial score (nSPS) is 26.1. The fraction of sp³-hybridized carbons (Fsp3) is 0.500. The lowest BCUT2D eigenvalue weighted by Crippen LogP contribution is -2.47. The van der Waals surface area contributed by atoms with Crippen LogP contribution in [0.15, 0.2) is 33.0 Å². The van der Waals surface area contributed by atoms with E-state index in [9.17, 15) is 9.59 Å². The van der Waals surface area contributed by atoms with Crippen molar-refractivity contribution in [3.05, 3.63) is 22.9 Å². The van der Waals surface area contributed by atoms with Gasteiger partial charge in [0, 0.05) is 24.5 Å². The molecule has 0 radical (unpaired) electrons. The number of carbonyl (C=O) groups excluding carboxylic acids is 2. The molecule has 0 saturated carbocycles. The second-order valence-corrected chi connectivity index (χ2v) is 6.58. The van der Waals surface area contributed by atoms with Gasteiger partial charge in [0.15, 0.2) is 0 Å². The van der Waals surface area contributed by atoms with Gasteiger partial charge >= 0.3 is 5.97 Å². The summed E-state index contributed by atoms with van der Waals surface area (Å²) in [5, 5.41) is 10.5. The van der Waals surface area contributed by atoms with Crippen LogP contribution >= 0.6 is 11.6 Å². The fourth-order valence-electron chi connectivity index (χ4n) is 2.87. The van der Waals surface area contributed by atoms with Crippen molar-refractivity contribution in [2.45, 2.75) is 19.5 Å². The lowest BCUT2D eigenvalue weighted by molar-refractivity contribution is -0.143. The molecule has 9 nitrogen and oxygen atoms in total. The summed E-state index contributed by atoms with van der Waals surface area (Å²) in [5.74, 6) is -1.49. The van der Waals surface area contributed by atoms with Crippen molar-refractivity contribution in [1.29, 1.82) is 0 Å². The van der Waals surface area contributed by atoms with Gasteiger partial charge in [-0.2, -0.15) is 5.10 Å². The highest BCUT2D eigenvalue weighted by Crippen LogP contribution is 2.27. The van der Waals surface area contributed by atoms with Gasteiger partial charge in [0.1, 0.15) is 23.6 Å². The number of amidine groups is 1. The Morgan fingerprint density at radius 2 is 2.27 bits per heavy atom. The Morgan fingerprint density at radius 1 is 1.46 bits per heavy atom. The molecule has 0 aromatic rings. The van der Waals surface area contributed by atoms with Crippen LogP contribution in [0, 0.1) is 5.92 Å². The van der Waals surface area contributed by atoms with Crippen molar-refractivity contribution in [2.24, 2.45) is 16.0 Å². The number of allylic oxidation sites excluding steroid dienone is 2. The first kappa shape index (κ1) is 18.6. The van der Waals surface area contributed by atoms with Crippen LogP contribution < -0.4 is 16.1 Å². The summed E-state index contributed by atoms with van der Waals surface area (Å²) in [4.78, 5) is 30.9. The number of methoxy groups -OCH3 is 1. The molecule has 10 heteroatoms. The Morgan fingerprint density at radius 3 is 2.88 bits per heavy atom. The van der Waals surface area contributed by atoms with E-state index in [4.69, 9.17) is 16.3 Å². The van der Waals surface area contributed by atoms with Gasteiger partial charge in [0.05, 0.1) is 19.5 Å². The van der Waals surface area contributed by atoms with Crippen LogP contribution in [0.1, 0.15) is 13.3 Å². The zero-order chi connectivity index (χ0) is 18.7. The average molecular weight is 381 g/mol. The number of esters is 1. The number of hydrogen-bond acceptors (Lipinski definition) is 8. The van der Waals surface area contributed by atoms with Gasteiger partial charge in [-0.05, 0) is 19.1 Å². The minimum Gasteiger partial charge on any atom is -0.468 e. The van der Waals surface area contributed by atoms with Gasteiger partial charge in [-0.3, -0.25) is 19.9 Å². The number of carbonyl (C=O) groups is 2. The van der Waals surface area contributed by atoms with E-state index < -0.39 is 17.8 Å². The Hall–Kier alpha value is -2.23. The van der Waals surface area contributed by atoms with Crippen LogP contribution in [-0.2, 0) is 14.3 Å². The molecule has 1 saturated heterocycles. The number of halogens is 1. The summed E-state index contributed by atoms with van der Waals surface area (Å²) in [7, 11) is 1.28. The molecule has 1 amide bonds. The number of hydrogen-bond donors (Lipinski definition) is 3. The molecule has 0 spiro atoms. The predicted molar refractivity (Wildman–Crippen MR) is 97.3 cm³/mol. The first-order chi connectivity index (χ1) is 12.5. The maximum atomic E-state index is 12.5. The smallest absolute Gasteiger partial charge is 0.316 e. The summed E-state index contributed by atoms with van der Waals surface area (Å²) in [6, 6.07) is 0. The minimum atomic E-state index is -0.746. The van der Waals surface area contributed by atoms with Gasteiger partial charge in [0.2, 0.25) is 0 Å². The van der Waals surface area contributed by atoms with Gasteiger partial charge in [-0.1, -0.05) is 11.6 Å². The van der Waals surface area contributed by atoms with Crippen LogP contribution in [0.3, 0.4) is 0 Å². The highest BCUT2D eigenvalue weighted by atomic mass is 35.5. The summed E-state index contributed by atoms with van der Waals surface area (Å²) in [5.41, 5.74) is 3.72. The molecule has 0 aromatic heterocycles. The number of nitrogens with one attached hydrogen (secondary N) is 3. The van der Waals surface area contributed by atoms with Crippen LogP contribution in [0.5, 0.6) is 0 Å². The zero-order valence-electron chi connectivity index (χ0n) is 14.6. The van der Waals surface area contributed by atoms with Gasteiger partial charge in [-0.15, -0.1) is 0 Å². The zero-order valence-corrected chi connectivity index (χ0v) is 15.3. The van der Waals surface area contributed by atoms with Crippen LogP contribution in [0.25, 0.3) is 0 Å². The topological polar surface area (TPSA) is 107 Å². The monoisotopic (exact) mass is 380 g/mol. The van der Waals surface area contributed by atoms with Crippen molar-refractivity contribution in [1.82, 2.24) is 21.0 Å². The van der Waals surface area contributed by atoms with Crippen molar-refractivity contribution in [2.75, 3.05) is 26.9 Å². The van der Waals surface area contributed by atoms with E-state index in [1.54, 1.807) is 13.0 Å². The Bertz CT molecular complexity index is 723. The number of ether oxygens (including phenoxy) is 1. The SMILES string of the molecule is COC(=O)C1CC(Cl)=C(C)N=C1NC(=O)C1=NNC(N2CCNC2)C=C1. The first-order valence-electron chi connectivity index (χ1n) is 8.28. The Kier molecular flexibility index (Phi) is 5.70. The summed E-state index contributed by atoms with van der Waals surface area (Å²) >= 11 is 6.09. The van der Waals surface area contributed by atoms with E-state index >= 15 is 0 Å². The predicted octanol–water partition coefficient (Wildman–Crippen LogP) is -0.131. The maximum Gasteiger partial charge on any atom is 0.316 e. The molecule has 1 fully saturated rings. The van der Waals surface area contributed by atoms with Gasteiger partial charge in [0.25, 0.3) is 5.91 Å². The molecule has 3 heterocycles. The molecular formula is C16H21ClN6O3. The first-order valence-corrected chi connectivity index (χ1v) is 8.66. The molecule has 0 aliphatic carbocycles. The molecular weight excluding hydrogens is 360 g/mol. The van der Waals surface area contributed by atoms with E-state index in [1.165, 1.54) is 7.11 Å². The fourth-order valence-corrected chi connectivity index (χ4v) is 3.06. The third kappa shape index (κ3) is 3.95. The Labute approximate surface area is 156 Å². The molecule has 0 bridgehead atoms. The highest BCUT2D eigenvalue weighted by molar-refractivity contribution is 6.46. The summed E-state index contributed by atoms with van der Waals surface area (Å²) < 4.78 is 4.78. The maximum absolute atomic E-state index is 12.5. The lowest BCUT2D eigenvalue weighted by Gasteiger charge is -2.26.